The van der Waals surface area contributed by atoms with E-state index < -0.39 is 0 Å². The minimum Gasteiger partial charge on any atom is -0.493 e. The molecule has 0 atom stereocenters. The highest BCUT2D eigenvalue weighted by atomic mass is 35.5. The lowest BCUT2D eigenvalue weighted by molar-refractivity contribution is 0.0988. The molecule has 0 radical (unpaired) electrons. The van der Waals surface area contributed by atoms with E-state index in [-0.39, 0.29) is 12.2 Å². The van der Waals surface area contributed by atoms with Crippen molar-refractivity contribution in [1.29, 1.82) is 0 Å². The maximum absolute atomic E-state index is 13.1. The van der Waals surface area contributed by atoms with Crippen LogP contribution < -0.4 is 14.2 Å². The molecule has 6 nitrogen and oxygen atoms in total. The summed E-state index contributed by atoms with van der Waals surface area (Å²) in [6.07, 6.45) is 5.19. The van der Waals surface area contributed by atoms with Gasteiger partial charge in [-0.25, -0.2) is 0 Å². The Morgan fingerprint density at radius 3 is 2.40 bits per heavy atom. The van der Waals surface area contributed by atoms with E-state index in [0.717, 1.165) is 5.69 Å². The van der Waals surface area contributed by atoms with Crippen LogP contribution in [0, 0.1) is 0 Å². The van der Waals surface area contributed by atoms with Crippen LogP contribution in [0.3, 0.4) is 0 Å². The fourth-order valence-corrected chi connectivity index (χ4v) is 3.43. The van der Waals surface area contributed by atoms with Crippen LogP contribution in [-0.2, 0) is 12.8 Å². The van der Waals surface area contributed by atoms with Gasteiger partial charge in [-0.1, -0.05) is 29.3 Å². The van der Waals surface area contributed by atoms with E-state index in [9.17, 15) is 4.79 Å². The van der Waals surface area contributed by atoms with Crippen LogP contribution in [0.2, 0.25) is 10.0 Å². The summed E-state index contributed by atoms with van der Waals surface area (Å²) in [4.78, 5) is 21.3. The average molecular weight is 447 g/mol. The minimum absolute atomic E-state index is 0.00767. The van der Waals surface area contributed by atoms with E-state index in [1.165, 1.54) is 26.6 Å². The highest BCUT2D eigenvalue weighted by Crippen LogP contribution is 2.41. The van der Waals surface area contributed by atoms with Crippen LogP contribution in [0.4, 0.5) is 0 Å². The molecular formula is C22H20Cl2N2O4. The summed E-state index contributed by atoms with van der Waals surface area (Å²) < 4.78 is 16.8. The zero-order valence-electron chi connectivity index (χ0n) is 16.5. The molecule has 0 saturated carbocycles. The molecule has 156 valence electrons. The number of aromatic nitrogens is 2. The van der Waals surface area contributed by atoms with Crippen LogP contribution in [0.5, 0.6) is 17.2 Å². The molecule has 0 N–H and O–H groups in total. The lowest BCUT2D eigenvalue weighted by Gasteiger charge is -2.17. The predicted octanol–water partition coefficient (Wildman–Crippen LogP) is 4.85. The Labute approximate surface area is 184 Å². The van der Waals surface area contributed by atoms with E-state index in [4.69, 9.17) is 37.4 Å². The zero-order valence-corrected chi connectivity index (χ0v) is 18.0. The second-order valence-electron chi connectivity index (χ2n) is 6.28. The van der Waals surface area contributed by atoms with Crippen molar-refractivity contribution in [2.45, 2.75) is 12.8 Å². The quantitative estimate of drug-likeness (QED) is 0.437. The first-order valence-electron chi connectivity index (χ1n) is 9.14. The Morgan fingerprint density at radius 1 is 1.00 bits per heavy atom. The molecule has 30 heavy (non-hydrogen) atoms. The third-order valence-corrected chi connectivity index (χ3v) is 5.07. The molecule has 0 aliphatic carbocycles. The standard InChI is InChI=1S/C22H20Cl2N2O4/c1-28-20-7-6-15(19(27)11-16-17(23)12-25-13-18(16)24)21(22(20)29-2)30-10-8-14-5-3-4-9-26-14/h3-7,9,12-13H,8,10-11H2,1-2H3. The first-order valence-corrected chi connectivity index (χ1v) is 9.89. The maximum atomic E-state index is 13.1. The normalized spacial score (nSPS) is 10.5. The molecular weight excluding hydrogens is 427 g/mol. The van der Waals surface area contributed by atoms with Crippen molar-refractivity contribution in [3.05, 3.63) is 75.8 Å². The molecule has 8 heteroatoms. The summed E-state index contributed by atoms with van der Waals surface area (Å²) in [5.74, 6) is 0.885. The molecule has 2 aromatic heterocycles. The van der Waals surface area contributed by atoms with Gasteiger partial charge < -0.3 is 14.2 Å². The number of carbonyl (C=O) groups excluding carboxylic acids is 1. The monoisotopic (exact) mass is 446 g/mol. The van der Waals surface area contributed by atoms with Crippen molar-refractivity contribution in [2.75, 3.05) is 20.8 Å². The van der Waals surface area contributed by atoms with Crippen molar-refractivity contribution in [3.8, 4) is 17.2 Å². The van der Waals surface area contributed by atoms with Crippen molar-refractivity contribution >= 4 is 29.0 Å². The smallest absolute Gasteiger partial charge is 0.204 e. The summed E-state index contributed by atoms with van der Waals surface area (Å²) in [7, 11) is 3.02. The Morgan fingerprint density at radius 2 is 1.77 bits per heavy atom. The molecule has 1 aromatic carbocycles. The number of Topliss-reactive ketones (excluding diaryl/α,β-unsaturated/α-hetero) is 1. The van der Waals surface area contributed by atoms with Crippen LogP contribution in [0.25, 0.3) is 0 Å². The van der Waals surface area contributed by atoms with Gasteiger partial charge in [-0.05, 0) is 24.3 Å². The summed E-state index contributed by atoms with van der Waals surface area (Å²) in [5, 5.41) is 0.655. The van der Waals surface area contributed by atoms with Crippen LogP contribution in [-0.4, -0.2) is 36.6 Å². The number of ether oxygens (including phenoxy) is 3. The van der Waals surface area contributed by atoms with Gasteiger partial charge in [0.05, 0.1) is 36.4 Å². The molecule has 0 aliphatic heterocycles. The largest absolute Gasteiger partial charge is 0.493 e. The van der Waals surface area contributed by atoms with Gasteiger partial charge in [0.25, 0.3) is 0 Å². The van der Waals surface area contributed by atoms with Crippen molar-refractivity contribution < 1.29 is 19.0 Å². The number of rotatable bonds is 9. The van der Waals surface area contributed by atoms with Gasteiger partial charge in [0, 0.05) is 42.7 Å². The molecule has 0 bridgehead atoms. The third-order valence-electron chi connectivity index (χ3n) is 4.42. The number of methoxy groups -OCH3 is 2. The molecule has 0 unspecified atom stereocenters. The Balaban J connectivity index is 1.89. The van der Waals surface area contributed by atoms with Crippen LogP contribution in [0.15, 0.2) is 48.9 Å². The summed E-state index contributed by atoms with van der Waals surface area (Å²) in [6.45, 7) is 0.303. The molecule has 0 saturated heterocycles. The average Bonchev–Trinajstić information content (AvgIpc) is 2.76. The Hall–Kier alpha value is -2.83. The van der Waals surface area contributed by atoms with Gasteiger partial charge in [-0.3, -0.25) is 14.8 Å². The lowest BCUT2D eigenvalue weighted by Crippen LogP contribution is -2.11. The van der Waals surface area contributed by atoms with E-state index in [0.29, 0.717) is 51.4 Å². The van der Waals surface area contributed by atoms with Crippen molar-refractivity contribution in [1.82, 2.24) is 9.97 Å². The van der Waals surface area contributed by atoms with Crippen molar-refractivity contribution in [2.24, 2.45) is 0 Å². The Kier molecular flexibility index (Phi) is 7.49. The number of pyridine rings is 2. The number of hydrogen-bond acceptors (Lipinski definition) is 6. The van der Waals surface area contributed by atoms with Gasteiger partial charge in [0.1, 0.15) is 0 Å². The van der Waals surface area contributed by atoms with Crippen LogP contribution >= 0.6 is 23.2 Å². The molecule has 0 amide bonds. The van der Waals surface area contributed by atoms with Gasteiger partial charge in [0.2, 0.25) is 5.75 Å². The maximum Gasteiger partial charge on any atom is 0.204 e. The van der Waals surface area contributed by atoms with Crippen molar-refractivity contribution in [3.63, 3.8) is 0 Å². The van der Waals surface area contributed by atoms with Gasteiger partial charge in [-0.2, -0.15) is 0 Å². The van der Waals surface area contributed by atoms with Crippen LogP contribution in [0.1, 0.15) is 21.6 Å². The molecule has 0 fully saturated rings. The molecule has 3 rings (SSSR count). The fraction of sp³-hybridized carbons (Fsp3) is 0.227. The number of benzene rings is 1. The fourth-order valence-electron chi connectivity index (χ4n) is 2.93. The van der Waals surface area contributed by atoms with Gasteiger partial charge in [-0.15, -0.1) is 0 Å². The third kappa shape index (κ3) is 5.01. The molecule has 0 aliphatic rings. The number of ketones is 1. The second-order valence-corrected chi connectivity index (χ2v) is 7.09. The molecule has 3 aromatic rings. The highest BCUT2D eigenvalue weighted by Gasteiger charge is 2.23. The number of carbonyl (C=O) groups is 1. The first kappa shape index (κ1) is 21.9. The summed E-state index contributed by atoms with van der Waals surface area (Å²) in [6, 6.07) is 8.97. The SMILES string of the molecule is COc1ccc(C(=O)Cc2c(Cl)cncc2Cl)c(OCCc2ccccn2)c1OC. The second kappa shape index (κ2) is 10.3. The number of nitrogens with zero attached hydrogens (tertiary/aromatic N) is 2. The first-order chi connectivity index (χ1) is 14.5. The summed E-state index contributed by atoms with van der Waals surface area (Å²) >= 11 is 12.4. The zero-order chi connectivity index (χ0) is 21.5. The van der Waals surface area contributed by atoms with E-state index in [2.05, 4.69) is 9.97 Å². The predicted molar refractivity (Wildman–Crippen MR) is 115 cm³/mol. The van der Waals surface area contributed by atoms with Gasteiger partial charge >= 0.3 is 0 Å². The molecule has 2 heterocycles. The minimum atomic E-state index is -0.223. The van der Waals surface area contributed by atoms with Gasteiger partial charge in [0.15, 0.2) is 17.3 Å². The number of hydrogen-bond donors (Lipinski definition) is 0. The van der Waals surface area contributed by atoms with E-state index >= 15 is 0 Å². The lowest BCUT2D eigenvalue weighted by atomic mass is 10.0. The Bertz CT molecular complexity index is 1010. The summed E-state index contributed by atoms with van der Waals surface area (Å²) in [5.41, 5.74) is 1.73. The molecule has 0 spiro atoms. The van der Waals surface area contributed by atoms with E-state index in [1.807, 2.05) is 18.2 Å². The topological polar surface area (TPSA) is 70.5 Å². The number of halogens is 2. The highest BCUT2D eigenvalue weighted by molar-refractivity contribution is 6.36. The van der Waals surface area contributed by atoms with E-state index in [1.54, 1.807) is 18.3 Å².